The van der Waals surface area contributed by atoms with Crippen LogP contribution in [-0.2, 0) is 6.54 Å². The molecular weight excluding hydrogens is 476 g/mol. The van der Waals surface area contributed by atoms with Gasteiger partial charge >= 0.3 is 0 Å². The second-order valence-corrected chi connectivity index (χ2v) is 9.52. The molecule has 2 N–H and O–H groups in total. The zero-order chi connectivity index (χ0) is 24.7. The number of rotatable bonds is 8. The summed E-state index contributed by atoms with van der Waals surface area (Å²) in [7, 11) is 1.68. The molecule has 1 aromatic carbocycles. The molecule has 0 amide bonds. The standard InChI is InChI=1S/C25H34N8O2S/c1-34-21-15-19-20(16-22(21)35-14-13-31-7-3-2-4-8-31)29-18-30-24(19)32-9-11-33(12-10-32)25(36)28-17-23-26-5-6-27-23/h5-6,15-16,18H,2-4,7-14,17H2,1H3,(H,26,27)(H,28,36). The smallest absolute Gasteiger partial charge is 0.169 e. The van der Waals surface area contributed by atoms with Crippen LogP contribution in [0.4, 0.5) is 5.82 Å². The van der Waals surface area contributed by atoms with Gasteiger partial charge in [-0.3, -0.25) is 4.90 Å². The maximum atomic E-state index is 6.14. The highest BCUT2D eigenvalue weighted by Gasteiger charge is 2.22. The number of hydrogen-bond acceptors (Lipinski definition) is 8. The van der Waals surface area contributed by atoms with Gasteiger partial charge in [-0.05, 0) is 44.2 Å². The zero-order valence-corrected chi connectivity index (χ0v) is 21.6. The molecular formula is C25H34N8O2S. The number of aromatic nitrogens is 4. The van der Waals surface area contributed by atoms with Crippen LogP contribution in [0.2, 0.25) is 0 Å². The van der Waals surface area contributed by atoms with Gasteiger partial charge in [-0.1, -0.05) is 6.42 Å². The maximum absolute atomic E-state index is 6.14. The van der Waals surface area contributed by atoms with E-state index in [2.05, 4.69) is 40.0 Å². The lowest BCUT2D eigenvalue weighted by Crippen LogP contribution is -2.51. The summed E-state index contributed by atoms with van der Waals surface area (Å²) in [5.41, 5.74) is 0.854. The predicted octanol–water partition coefficient (Wildman–Crippen LogP) is 2.42. The first-order valence-electron chi connectivity index (χ1n) is 12.6. The number of methoxy groups -OCH3 is 1. The molecule has 192 valence electrons. The van der Waals surface area contributed by atoms with E-state index >= 15 is 0 Å². The Hall–Kier alpha value is -3.18. The highest BCUT2D eigenvalue weighted by atomic mass is 32.1. The molecule has 2 aliphatic rings. The third-order valence-electron chi connectivity index (χ3n) is 6.84. The molecule has 2 aliphatic heterocycles. The van der Waals surface area contributed by atoms with Crippen molar-refractivity contribution in [1.29, 1.82) is 0 Å². The van der Waals surface area contributed by atoms with Crippen LogP contribution >= 0.6 is 12.2 Å². The molecule has 2 fully saturated rings. The SMILES string of the molecule is COc1cc2c(N3CCN(C(=S)NCc4ncc[nH]4)CC3)ncnc2cc1OCCN1CCCCC1. The molecule has 0 radical (unpaired) electrons. The minimum Gasteiger partial charge on any atom is -0.493 e. The number of nitrogens with zero attached hydrogens (tertiary/aromatic N) is 6. The Labute approximate surface area is 217 Å². The summed E-state index contributed by atoms with van der Waals surface area (Å²) in [5.74, 6) is 3.21. The van der Waals surface area contributed by atoms with Crippen molar-refractivity contribution < 1.29 is 9.47 Å². The van der Waals surface area contributed by atoms with Crippen molar-refractivity contribution in [3.05, 3.63) is 36.7 Å². The molecule has 36 heavy (non-hydrogen) atoms. The van der Waals surface area contributed by atoms with Crippen LogP contribution in [0.15, 0.2) is 30.9 Å². The van der Waals surface area contributed by atoms with Crippen molar-refractivity contribution in [2.45, 2.75) is 25.8 Å². The van der Waals surface area contributed by atoms with Crippen molar-refractivity contribution in [1.82, 2.24) is 35.1 Å². The number of fused-ring (bicyclic) bond motifs is 1. The summed E-state index contributed by atoms with van der Waals surface area (Å²) in [5, 5.41) is 4.99. The van der Waals surface area contributed by atoms with Crippen molar-refractivity contribution in [3.8, 4) is 11.5 Å². The van der Waals surface area contributed by atoms with Gasteiger partial charge in [0.1, 0.15) is 24.6 Å². The van der Waals surface area contributed by atoms with Gasteiger partial charge < -0.3 is 29.6 Å². The number of thiocarbonyl (C=S) groups is 1. The van der Waals surface area contributed by atoms with Crippen LogP contribution in [0.3, 0.4) is 0 Å². The fourth-order valence-electron chi connectivity index (χ4n) is 4.83. The fourth-order valence-corrected chi connectivity index (χ4v) is 5.08. The molecule has 2 aromatic heterocycles. The van der Waals surface area contributed by atoms with Crippen LogP contribution in [0.5, 0.6) is 11.5 Å². The summed E-state index contributed by atoms with van der Waals surface area (Å²) in [6.45, 7) is 7.71. The average molecular weight is 511 g/mol. The van der Waals surface area contributed by atoms with E-state index < -0.39 is 0 Å². The molecule has 0 atom stereocenters. The largest absolute Gasteiger partial charge is 0.493 e. The van der Waals surface area contributed by atoms with E-state index in [1.54, 1.807) is 19.6 Å². The van der Waals surface area contributed by atoms with E-state index in [0.717, 1.165) is 79.2 Å². The highest BCUT2D eigenvalue weighted by Crippen LogP contribution is 2.35. The predicted molar refractivity (Wildman–Crippen MR) is 144 cm³/mol. The summed E-state index contributed by atoms with van der Waals surface area (Å²) in [6, 6.07) is 3.97. The van der Waals surface area contributed by atoms with Gasteiger partial charge in [0.05, 0.1) is 19.2 Å². The van der Waals surface area contributed by atoms with Crippen molar-refractivity contribution >= 4 is 34.1 Å². The number of ether oxygens (including phenoxy) is 2. The number of hydrogen-bond donors (Lipinski definition) is 2. The van der Waals surface area contributed by atoms with E-state index in [9.17, 15) is 0 Å². The summed E-state index contributed by atoms with van der Waals surface area (Å²) >= 11 is 5.60. The van der Waals surface area contributed by atoms with Gasteiger partial charge in [-0.15, -0.1) is 0 Å². The van der Waals surface area contributed by atoms with Crippen LogP contribution in [0.1, 0.15) is 25.1 Å². The van der Waals surface area contributed by atoms with Crippen LogP contribution < -0.4 is 19.7 Å². The molecule has 3 aromatic rings. The van der Waals surface area contributed by atoms with Crippen LogP contribution in [0.25, 0.3) is 10.9 Å². The van der Waals surface area contributed by atoms with Crippen molar-refractivity contribution in [3.63, 3.8) is 0 Å². The third-order valence-corrected chi connectivity index (χ3v) is 7.24. The lowest BCUT2D eigenvalue weighted by Gasteiger charge is -2.37. The normalized spacial score (nSPS) is 16.8. The second-order valence-electron chi connectivity index (χ2n) is 9.14. The molecule has 0 saturated carbocycles. The molecule has 5 rings (SSSR count). The second kappa shape index (κ2) is 11.7. The lowest BCUT2D eigenvalue weighted by atomic mass is 10.1. The number of aromatic amines is 1. The highest BCUT2D eigenvalue weighted by molar-refractivity contribution is 7.80. The number of piperazine rings is 1. The number of imidazole rings is 1. The molecule has 0 aliphatic carbocycles. The number of nitrogens with one attached hydrogen (secondary N) is 2. The van der Waals surface area contributed by atoms with E-state index in [1.165, 1.54) is 19.3 Å². The third kappa shape index (κ3) is 5.79. The topological polar surface area (TPSA) is 94.7 Å². The quantitative estimate of drug-likeness (QED) is 0.440. The van der Waals surface area contributed by atoms with Crippen molar-refractivity contribution in [2.75, 3.05) is 64.4 Å². The van der Waals surface area contributed by atoms with Gasteiger partial charge in [0.25, 0.3) is 0 Å². The molecule has 0 unspecified atom stereocenters. The number of piperidine rings is 1. The van der Waals surface area contributed by atoms with E-state index in [1.807, 2.05) is 18.3 Å². The molecule has 10 nitrogen and oxygen atoms in total. The van der Waals surface area contributed by atoms with E-state index in [-0.39, 0.29) is 0 Å². The molecule has 4 heterocycles. The Balaban J connectivity index is 1.22. The van der Waals surface area contributed by atoms with E-state index in [0.29, 0.717) is 18.9 Å². The number of benzene rings is 1. The average Bonchev–Trinajstić information content (AvgIpc) is 3.45. The van der Waals surface area contributed by atoms with Gasteiger partial charge in [-0.2, -0.15) is 0 Å². The monoisotopic (exact) mass is 510 g/mol. The van der Waals surface area contributed by atoms with Gasteiger partial charge in [0.2, 0.25) is 0 Å². The van der Waals surface area contributed by atoms with Crippen LogP contribution in [-0.4, -0.2) is 94.4 Å². The van der Waals surface area contributed by atoms with Crippen molar-refractivity contribution in [2.24, 2.45) is 0 Å². The van der Waals surface area contributed by atoms with Gasteiger partial charge in [0.15, 0.2) is 16.6 Å². The zero-order valence-electron chi connectivity index (χ0n) is 20.8. The maximum Gasteiger partial charge on any atom is 0.169 e. The first kappa shape index (κ1) is 24.5. The Morgan fingerprint density at radius 2 is 1.86 bits per heavy atom. The number of anilines is 1. The number of likely N-dealkylation sites (tertiary alicyclic amines) is 1. The molecule has 0 bridgehead atoms. The summed E-state index contributed by atoms with van der Waals surface area (Å²) in [6.07, 6.45) is 9.07. The fraction of sp³-hybridized carbons (Fsp3) is 0.520. The Bertz CT molecular complexity index is 1140. The Morgan fingerprint density at radius 1 is 1.03 bits per heavy atom. The molecule has 2 saturated heterocycles. The van der Waals surface area contributed by atoms with Gasteiger partial charge in [-0.25, -0.2) is 15.0 Å². The number of H-pyrrole nitrogens is 1. The van der Waals surface area contributed by atoms with E-state index in [4.69, 9.17) is 21.7 Å². The molecule has 11 heteroatoms. The van der Waals surface area contributed by atoms with Gasteiger partial charge in [0, 0.05) is 56.6 Å². The first-order chi connectivity index (χ1) is 17.7. The minimum atomic E-state index is 0.588. The first-order valence-corrected chi connectivity index (χ1v) is 13.1. The summed E-state index contributed by atoms with van der Waals surface area (Å²) < 4.78 is 11.8. The molecule has 0 spiro atoms. The summed E-state index contributed by atoms with van der Waals surface area (Å²) in [4.78, 5) is 23.4. The Kier molecular flexibility index (Phi) is 7.97. The van der Waals surface area contributed by atoms with Crippen LogP contribution in [0, 0.1) is 0 Å². The minimum absolute atomic E-state index is 0.588. The lowest BCUT2D eigenvalue weighted by molar-refractivity contribution is 0.181. The Morgan fingerprint density at radius 3 is 2.61 bits per heavy atom.